The molecule has 0 fully saturated rings. The van der Waals surface area contributed by atoms with Crippen molar-refractivity contribution >= 4 is 17.7 Å². The number of nitrogens with one attached hydrogen (secondary N) is 1. The standard InChI is InChI=1S/C22H27NO3S/c1-15-6-5-7-16(10-15)13-27-14-21(24)23-19-12-22(2,3)26-20-11-17(25-4)8-9-18(19)20/h5-11,19H,12-14H2,1-4H3,(H,23,24). The van der Waals surface area contributed by atoms with Gasteiger partial charge in [0, 0.05) is 23.8 Å². The SMILES string of the molecule is COc1ccc2c(c1)OC(C)(C)CC2NC(=O)CSCc1cccc(C)c1. The first-order valence-electron chi connectivity index (χ1n) is 9.16. The van der Waals surface area contributed by atoms with Gasteiger partial charge in [-0.15, -0.1) is 11.8 Å². The summed E-state index contributed by atoms with van der Waals surface area (Å²) in [5, 5.41) is 3.19. The van der Waals surface area contributed by atoms with E-state index in [1.807, 2.05) is 32.0 Å². The molecule has 1 N–H and O–H groups in total. The molecular weight excluding hydrogens is 358 g/mol. The second-order valence-corrected chi connectivity index (χ2v) is 8.56. The summed E-state index contributed by atoms with van der Waals surface area (Å²) < 4.78 is 11.4. The van der Waals surface area contributed by atoms with Gasteiger partial charge in [0.25, 0.3) is 0 Å². The van der Waals surface area contributed by atoms with E-state index in [4.69, 9.17) is 9.47 Å². The van der Waals surface area contributed by atoms with E-state index in [0.717, 1.165) is 29.2 Å². The zero-order chi connectivity index (χ0) is 19.4. The number of rotatable bonds is 6. The van der Waals surface area contributed by atoms with Crippen LogP contribution in [0.4, 0.5) is 0 Å². The van der Waals surface area contributed by atoms with Crippen molar-refractivity contribution in [1.82, 2.24) is 5.32 Å². The van der Waals surface area contributed by atoms with Gasteiger partial charge < -0.3 is 14.8 Å². The van der Waals surface area contributed by atoms with E-state index in [0.29, 0.717) is 5.75 Å². The molecule has 0 bridgehead atoms. The first kappa shape index (κ1) is 19.6. The lowest BCUT2D eigenvalue weighted by molar-refractivity contribution is -0.119. The minimum absolute atomic E-state index is 0.0529. The number of benzene rings is 2. The van der Waals surface area contributed by atoms with Crippen LogP contribution < -0.4 is 14.8 Å². The van der Waals surface area contributed by atoms with E-state index in [9.17, 15) is 4.79 Å². The van der Waals surface area contributed by atoms with Crippen molar-refractivity contribution in [1.29, 1.82) is 0 Å². The highest BCUT2D eigenvalue weighted by Crippen LogP contribution is 2.41. The largest absolute Gasteiger partial charge is 0.497 e. The van der Waals surface area contributed by atoms with Crippen LogP contribution in [-0.2, 0) is 10.5 Å². The Labute approximate surface area is 165 Å². The van der Waals surface area contributed by atoms with Crippen LogP contribution in [0.5, 0.6) is 11.5 Å². The summed E-state index contributed by atoms with van der Waals surface area (Å²) in [6, 6.07) is 14.1. The Morgan fingerprint density at radius 1 is 1.30 bits per heavy atom. The molecule has 2 aromatic rings. The fraction of sp³-hybridized carbons (Fsp3) is 0.409. The van der Waals surface area contributed by atoms with E-state index in [2.05, 4.69) is 36.5 Å². The van der Waals surface area contributed by atoms with Gasteiger partial charge in [0.1, 0.15) is 17.1 Å². The zero-order valence-electron chi connectivity index (χ0n) is 16.4. The molecule has 0 radical (unpaired) electrons. The maximum absolute atomic E-state index is 12.5. The Balaban J connectivity index is 1.62. The molecule has 0 aliphatic carbocycles. The van der Waals surface area contributed by atoms with Gasteiger partial charge in [-0.3, -0.25) is 4.79 Å². The lowest BCUT2D eigenvalue weighted by Gasteiger charge is -2.38. The van der Waals surface area contributed by atoms with Crippen LogP contribution in [0.25, 0.3) is 0 Å². The Bertz CT molecular complexity index is 819. The predicted octanol–water partition coefficient (Wildman–Crippen LogP) is 4.66. The van der Waals surface area contributed by atoms with E-state index in [1.165, 1.54) is 11.1 Å². The number of thioether (sulfide) groups is 1. The summed E-state index contributed by atoms with van der Waals surface area (Å²) >= 11 is 1.64. The molecule has 1 atom stereocenters. The van der Waals surface area contributed by atoms with Crippen molar-refractivity contribution < 1.29 is 14.3 Å². The average Bonchev–Trinajstić information content (AvgIpc) is 2.60. The number of aryl methyl sites for hydroxylation is 1. The third kappa shape index (κ3) is 5.19. The highest BCUT2D eigenvalue weighted by molar-refractivity contribution is 7.99. The van der Waals surface area contributed by atoms with Crippen LogP contribution in [0.1, 0.15) is 43.0 Å². The highest BCUT2D eigenvalue weighted by Gasteiger charge is 2.34. The van der Waals surface area contributed by atoms with Crippen LogP contribution in [0.2, 0.25) is 0 Å². The molecule has 0 aromatic heterocycles. The number of ether oxygens (including phenoxy) is 2. The molecule has 0 spiro atoms. The summed E-state index contributed by atoms with van der Waals surface area (Å²) in [6.07, 6.45) is 0.737. The quantitative estimate of drug-likeness (QED) is 0.786. The van der Waals surface area contributed by atoms with Crippen LogP contribution in [0, 0.1) is 6.92 Å². The minimum atomic E-state index is -0.341. The normalized spacial score (nSPS) is 17.6. The second-order valence-electron chi connectivity index (χ2n) is 7.57. The Hall–Kier alpha value is -2.14. The molecule has 1 amide bonds. The molecule has 5 heteroatoms. The fourth-order valence-electron chi connectivity index (χ4n) is 3.39. The van der Waals surface area contributed by atoms with Crippen molar-refractivity contribution in [3.63, 3.8) is 0 Å². The number of hydrogen-bond acceptors (Lipinski definition) is 4. The lowest BCUT2D eigenvalue weighted by atomic mass is 9.89. The van der Waals surface area contributed by atoms with E-state index in [1.54, 1.807) is 18.9 Å². The number of carbonyl (C=O) groups excluding carboxylic acids is 1. The Morgan fingerprint density at radius 2 is 2.11 bits per heavy atom. The van der Waals surface area contributed by atoms with Gasteiger partial charge in [-0.2, -0.15) is 0 Å². The van der Waals surface area contributed by atoms with Gasteiger partial charge in [0.15, 0.2) is 0 Å². The molecule has 3 rings (SSSR count). The molecular formula is C22H27NO3S. The molecule has 1 aliphatic heterocycles. The van der Waals surface area contributed by atoms with Gasteiger partial charge >= 0.3 is 0 Å². The first-order valence-corrected chi connectivity index (χ1v) is 10.3. The Kier molecular flexibility index (Phi) is 6.00. The second kappa shape index (κ2) is 8.26. The topological polar surface area (TPSA) is 47.6 Å². The molecule has 0 saturated heterocycles. The van der Waals surface area contributed by atoms with E-state index in [-0.39, 0.29) is 17.6 Å². The lowest BCUT2D eigenvalue weighted by Crippen LogP contribution is -2.41. The van der Waals surface area contributed by atoms with Gasteiger partial charge in [0.05, 0.1) is 18.9 Å². The number of hydrogen-bond donors (Lipinski definition) is 1. The van der Waals surface area contributed by atoms with Gasteiger partial charge in [-0.05, 0) is 38.5 Å². The summed E-state index contributed by atoms with van der Waals surface area (Å²) in [5.74, 6) is 2.87. The predicted molar refractivity (Wildman–Crippen MR) is 111 cm³/mol. The van der Waals surface area contributed by atoms with Crippen molar-refractivity contribution in [2.24, 2.45) is 0 Å². The molecule has 1 heterocycles. The van der Waals surface area contributed by atoms with Crippen LogP contribution in [-0.4, -0.2) is 24.4 Å². The third-order valence-corrected chi connectivity index (χ3v) is 5.60. The molecule has 4 nitrogen and oxygen atoms in total. The Morgan fingerprint density at radius 3 is 2.85 bits per heavy atom. The number of carbonyl (C=O) groups is 1. The fourth-order valence-corrected chi connectivity index (χ4v) is 4.17. The molecule has 0 saturated carbocycles. The smallest absolute Gasteiger partial charge is 0.230 e. The number of methoxy groups -OCH3 is 1. The maximum Gasteiger partial charge on any atom is 0.230 e. The van der Waals surface area contributed by atoms with Crippen LogP contribution >= 0.6 is 11.8 Å². The highest BCUT2D eigenvalue weighted by atomic mass is 32.2. The zero-order valence-corrected chi connectivity index (χ0v) is 17.2. The summed E-state index contributed by atoms with van der Waals surface area (Å²) in [4.78, 5) is 12.5. The first-order chi connectivity index (χ1) is 12.9. The summed E-state index contributed by atoms with van der Waals surface area (Å²) in [7, 11) is 1.64. The van der Waals surface area contributed by atoms with E-state index >= 15 is 0 Å². The van der Waals surface area contributed by atoms with Gasteiger partial charge in [-0.25, -0.2) is 0 Å². The number of amides is 1. The molecule has 1 unspecified atom stereocenters. The third-order valence-electron chi connectivity index (χ3n) is 4.60. The molecule has 2 aromatic carbocycles. The number of fused-ring (bicyclic) bond motifs is 1. The van der Waals surface area contributed by atoms with Crippen molar-refractivity contribution in [3.8, 4) is 11.5 Å². The molecule has 144 valence electrons. The molecule has 1 aliphatic rings. The van der Waals surface area contributed by atoms with Gasteiger partial charge in [-0.1, -0.05) is 29.8 Å². The molecule has 27 heavy (non-hydrogen) atoms. The van der Waals surface area contributed by atoms with Crippen molar-refractivity contribution in [3.05, 3.63) is 59.2 Å². The van der Waals surface area contributed by atoms with Crippen molar-refractivity contribution in [2.75, 3.05) is 12.9 Å². The monoisotopic (exact) mass is 385 g/mol. The van der Waals surface area contributed by atoms with Crippen LogP contribution in [0.3, 0.4) is 0 Å². The van der Waals surface area contributed by atoms with Crippen molar-refractivity contribution in [2.45, 2.75) is 44.6 Å². The van der Waals surface area contributed by atoms with Crippen LogP contribution in [0.15, 0.2) is 42.5 Å². The summed E-state index contributed by atoms with van der Waals surface area (Å²) in [5.41, 5.74) is 3.16. The summed E-state index contributed by atoms with van der Waals surface area (Å²) in [6.45, 7) is 6.17. The maximum atomic E-state index is 12.5. The van der Waals surface area contributed by atoms with E-state index < -0.39 is 0 Å². The average molecular weight is 386 g/mol. The van der Waals surface area contributed by atoms with Gasteiger partial charge in [0.2, 0.25) is 5.91 Å². The minimum Gasteiger partial charge on any atom is -0.497 e.